The Labute approximate surface area is 418 Å². The van der Waals surface area contributed by atoms with Crippen molar-refractivity contribution in [1.82, 2.24) is 4.57 Å². The van der Waals surface area contributed by atoms with Gasteiger partial charge < -0.3 is 4.57 Å². The smallest absolute Gasteiger partial charge is 0.0541 e. The van der Waals surface area contributed by atoms with Gasteiger partial charge in [0.25, 0.3) is 0 Å². The van der Waals surface area contributed by atoms with Crippen LogP contribution in [0.5, 0.6) is 0 Å². The molecule has 3 spiro atoms. The molecule has 0 N–H and O–H groups in total. The van der Waals surface area contributed by atoms with E-state index in [0.29, 0.717) is 29.6 Å². The largest absolute Gasteiger partial charge is 0.309 e. The van der Waals surface area contributed by atoms with Crippen molar-refractivity contribution in [1.29, 1.82) is 0 Å². The first kappa shape index (κ1) is 40.7. The van der Waals surface area contributed by atoms with E-state index in [-0.39, 0.29) is 16.2 Å². The normalized spacial score (nSPS) is 28.2. The summed E-state index contributed by atoms with van der Waals surface area (Å²) in [5.41, 5.74) is 24.7. The summed E-state index contributed by atoms with van der Waals surface area (Å²) < 4.78 is 2.75. The lowest BCUT2D eigenvalue weighted by Crippen LogP contribution is -2.60. The van der Waals surface area contributed by atoms with Crippen LogP contribution in [0.2, 0.25) is 0 Å². The van der Waals surface area contributed by atoms with Crippen LogP contribution in [0.1, 0.15) is 121 Å². The second-order valence-corrected chi connectivity index (χ2v) is 23.3. The van der Waals surface area contributed by atoms with E-state index in [0.717, 1.165) is 12.8 Å². The number of para-hydroxylation sites is 1. The van der Waals surface area contributed by atoms with Gasteiger partial charge in [-0.2, -0.15) is 0 Å². The molecule has 9 aromatic rings. The van der Waals surface area contributed by atoms with E-state index < -0.39 is 0 Å². The summed E-state index contributed by atoms with van der Waals surface area (Å²) in [4.78, 5) is 0. The van der Waals surface area contributed by atoms with Crippen molar-refractivity contribution in [3.63, 3.8) is 0 Å². The Morgan fingerprint density at radius 3 is 1.69 bits per heavy atom. The minimum atomic E-state index is -0.174. The van der Waals surface area contributed by atoms with Gasteiger partial charge in [-0.3, -0.25) is 0 Å². The summed E-state index contributed by atoms with van der Waals surface area (Å²) in [6.07, 6.45) is 17.7. The van der Waals surface area contributed by atoms with E-state index in [4.69, 9.17) is 0 Å². The van der Waals surface area contributed by atoms with Crippen LogP contribution >= 0.6 is 0 Å². The highest BCUT2D eigenvalue weighted by Crippen LogP contribution is 2.76. The third kappa shape index (κ3) is 5.43. The number of nitrogens with zero attached hydrogens (tertiary/aromatic N) is 1. The Morgan fingerprint density at radius 1 is 0.451 bits per heavy atom. The van der Waals surface area contributed by atoms with Crippen LogP contribution < -0.4 is 0 Å². The highest BCUT2D eigenvalue weighted by atomic mass is 15.0. The van der Waals surface area contributed by atoms with Gasteiger partial charge in [0.15, 0.2) is 0 Å². The van der Waals surface area contributed by atoms with Crippen LogP contribution in [-0.4, -0.2) is 4.57 Å². The number of allylic oxidation sites excluding steroid dienone is 4. The van der Waals surface area contributed by atoms with Crippen molar-refractivity contribution in [3.05, 3.63) is 239 Å². The molecule has 8 atom stereocenters. The van der Waals surface area contributed by atoms with Crippen molar-refractivity contribution in [2.75, 3.05) is 0 Å². The molecule has 7 aliphatic carbocycles. The zero-order valence-corrected chi connectivity index (χ0v) is 40.8. The van der Waals surface area contributed by atoms with Gasteiger partial charge in [-0.25, -0.2) is 0 Å². The lowest BCUT2D eigenvalue weighted by Gasteiger charge is -2.63. The molecule has 8 aromatic carbocycles. The number of benzene rings is 8. The van der Waals surface area contributed by atoms with E-state index in [9.17, 15) is 0 Å². The van der Waals surface area contributed by atoms with Crippen LogP contribution in [0.15, 0.2) is 200 Å². The molecule has 0 amide bonds. The Bertz CT molecular complexity index is 3780. The van der Waals surface area contributed by atoms with Crippen molar-refractivity contribution >= 4 is 27.4 Å². The molecule has 1 aromatic heterocycles. The molecule has 7 aliphatic rings. The minimum Gasteiger partial charge on any atom is -0.309 e. The first-order valence-corrected chi connectivity index (χ1v) is 27.1. The number of hydrogen-bond donors (Lipinski definition) is 0. The molecule has 1 heterocycles. The Hall–Kier alpha value is -6.96. The molecule has 0 aliphatic heterocycles. The lowest BCUT2D eigenvalue weighted by molar-refractivity contribution is 0.00248. The maximum absolute atomic E-state index is 2.75. The third-order valence-corrected chi connectivity index (χ3v) is 20.1. The van der Waals surface area contributed by atoms with Crippen molar-refractivity contribution in [2.24, 2.45) is 11.8 Å². The summed E-state index contributed by atoms with van der Waals surface area (Å²) >= 11 is 0. The van der Waals surface area contributed by atoms with Crippen LogP contribution in [-0.2, 0) is 16.2 Å². The molecule has 16 rings (SSSR count). The van der Waals surface area contributed by atoms with Crippen molar-refractivity contribution in [3.8, 4) is 39.1 Å². The van der Waals surface area contributed by atoms with Gasteiger partial charge >= 0.3 is 0 Å². The fraction of sp³-hybridized carbons (Fsp3) is 0.257. The molecular weight excluding hydrogens is 855 g/mol. The van der Waals surface area contributed by atoms with Gasteiger partial charge in [0, 0.05) is 27.0 Å². The molecule has 3 fully saturated rings. The second-order valence-electron chi connectivity index (χ2n) is 23.3. The van der Waals surface area contributed by atoms with Crippen LogP contribution in [0, 0.1) is 11.8 Å². The highest BCUT2D eigenvalue weighted by Gasteiger charge is 2.70. The van der Waals surface area contributed by atoms with Gasteiger partial charge in [-0.1, -0.05) is 183 Å². The van der Waals surface area contributed by atoms with Crippen molar-refractivity contribution in [2.45, 2.75) is 98.7 Å². The molecule has 344 valence electrons. The molecule has 0 radical (unpaired) electrons. The quantitative estimate of drug-likeness (QED) is 0.163. The zero-order chi connectivity index (χ0) is 46.6. The summed E-state index contributed by atoms with van der Waals surface area (Å²) in [7, 11) is 0. The number of rotatable bonds is 2. The Balaban J connectivity index is 1.06. The number of aromatic nitrogens is 1. The third-order valence-electron chi connectivity index (χ3n) is 20.1. The maximum Gasteiger partial charge on any atom is 0.0541 e. The first-order chi connectivity index (χ1) is 35.0. The first-order valence-electron chi connectivity index (χ1n) is 27.1. The topological polar surface area (TPSA) is 4.93 Å². The fourth-order valence-corrected chi connectivity index (χ4v) is 17.9. The number of hydrogen-bond acceptors (Lipinski definition) is 0. The van der Waals surface area contributed by atoms with E-state index in [2.05, 4.69) is 212 Å². The molecule has 1 heteroatoms. The molecule has 0 saturated heterocycles. The monoisotopic (exact) mass is 913 g/mol. The average molecular weight is 914 g/mol. The summed E-state index contributed by atoms with van der Waals surface area (Å²) in [6, 6.07) is 73.1. The van der Waals surface area contributed by atoms with E-state index in [1.54, 1.807) is 33.4 Å². The van der Waals surface area contributed by atoms with Crippen LogP contribution in [0.25, 0.3) is 66.4 Å². The molecule has 71 heavy (non-hydrogen) atoms. The van der Waals surface area contributed by atoms with Gasteiger partial charge in [0.1, 0.15) is 0 Å². The summed E-state index contributed by atoms with van der Waals surface area (Å²) in [5.74, 6) is 2.23. The summed E-state index contributed by atoms with van der Waals surface area (Å²) in [6.45, 7) is 2.32. The molecule has 1 nitrogen and oxygen atoms in total. The molecule has 8 unspecified atom stereocenters. The van der Waals surface area contributed by atoms with E-state index in [1.165, 1.54) is 117 Å². The standard InChI is InChI=1S/C70H59N/c1-44-29-31-45(32-30-44)46-33-34-64-60(39-46)58-23-10-13-27-63(58)71(64)65-28-14-24-59-55-20-7-4-17-52(55)49-42-69(66(59)65)38-36-47-40-68(61-25-11-8-21-56(61)53-18-5-2-15-50(47)53)37-35-48-41-70(43-49,67(68)69)62-26-12-9-22-57(62)54-19-6-3-16-51(48)54/h2-29,31-34,39,44,47-49,67H,30,35-38,40-43H2,1H3. The zero-order valence-electron chi connectivity index (χ0n) is 40.8. The van der Waals surface area contributed by atoms with Gasteiger partial charge in [0.05, 0.1) is 16.7 Å². The average Bonchev–Trinajstić information content (AvgIpc) is 3.59. The molecular formula is C70H59N. The lowest BCUT2D eigenvalue weighted by atomic mass is 9.40. The molecule has 3 saturated carbocycles. The van der Waals surface area contributed by atoms with Gasteiger partial charge in [-0.15, -0.1) is 0 Å². The van der Waals surface area contributed by atoms with E-state index in [1.807, 2.05) is 0 Å². The SMILES string of the molecule is CC1C=CC(c2ccc3c(c2)c2ccccc2n3-c2cccc3c2C24CCC5CC6(CCC7CC(CC(C2)c2ccccc2-3)(c2ccccc2-c2ccccc27)C64)c2ccccc2-c2ccccc25)=CC1. The van der Waals surface area contributed by atoms with Crippen LogP contribution in [0.3, 0.4) is 0 Å². The Kier molecular flexibility index (Phi) is 8.49. The Morgan fingerprint density at radius 2 is 0.986 bits per heavy atom. The number of fused-ring (bicyclic) bond motifs is 18. The molecule has 6 bridgehead atoms. The van der Waals surface area contributed by atoms with Crippen LogP contribution in [0.4, 0.5) is 0 Å². The van der Waals surface area contributed by atoms with Gasteiger partial charge in [-0.05, 0) is 190 Å². The minimum absolute atomic E-state index is 0.0920. The second kappa shape index (κ2) is 14.8. The maximum atomic E-state index is 2.75. The predicted octanol–water partition coefficient (Wildman–Crippen LogP) is 17.9. The fourth-order valence-electron chi connectivity index (χ4n) is 17.9. The van der Waals surface area contributed by atoms with Gasteiger partial charge in [0.2, 0.25) is 0 Å². The van der Waals surface area contributed by atoms with E-state index >= 15 is 0 Å². The highest BCUT2D eigenvalue weighted by molar-refractivity contribution is 6.10. The predicted molar refractivity (Wildman–Crippen MR) is 295 cm³/mol. The summed E-state index contributed by atoms with van der Waals surface area (Å²) in [5, 5.41) is 2.68. The van der Waals surface area contributed by atoms with Crippen molar-refractivity contribution < 1.29 is 0 Å².